The van der Waals surface area contributed by atoms with Crippen LogP contribution in [-0.2, 0) is 0 Å². The maximum atomic E-state index is 15.0. The molecule has 154 valence electrons. The van der Waals surface area contributed by atoms with E-state index in [0.717, 1.165) is 16.9 Å². The molecular weight excluding hydrogens is 399 g/mol. The number of nitrogens with one attached hydrogen (secondary N) is 2. The van der Waals surface area contributed by atoms with Crippen molar-refractivity contribution in [2.45, 2.75) is 18.6 Å². The van der Waals surface area contributed by atoms with Crippen molar-refractivity contribution in [3.63, 3.8) is 0 Å². The van der Waals surface area contributed by atoms with Gasteiger partial charge in [-0.05, 0) is 0 Å². The SMILES string of the molecule is Fc1cnc(N[C@H]2CNC[C@@H]2F)c(F)c1-c1cnc2cc(OCC(F)F)cnn12. The van der Waals surface area contributed by atoms with E-state index in [0.29, 0.717) is 0 Å². The first-order valence-corrected chi connectivity index (χ1v) is 8.64. The largest absolute Gasteiger partial charge is 0.486 e. The van der Waals surface area contributed by atoms with E-state index in [1.54, 1.807) is 0 Å². The molecule has 0 radical (unpaired) electrons. The normalized spacial score (nSPS) is 19.2. The van der Waals surface area contributed by atoms with Crippen molar-refractivity contribution in [2.24, 2.45) is 0 Å². The lowest BCUT2D eigenvalue weighted by Crippen LogP contribution is -2.30. The number of anilines is 1. The maximum absolute atomic E-state index is 15.0. The van der Waals surface area contributed by atoms with Gasteiger partial charge in [0.25, 0.3) is 6.43 Å². The molecule has 7 nitrogen and oxygen atoms in total. The van der Waals surface area contributed by atoms with Gasteiger partial charge in [-0.3, -0.25) is 0 Å². The smallest absolute Gasteiger partial charge is 0.272 e. The molecule has 2 atom stereocenters. The number of nitrogens with zero attached hydrogens (tertiary/aromatic N) is 4. The topological polar surface area (TPSA) is 76.4 Å². The van der Waals surface area contributed by atoms with E-state index in [1.165, 1.54) is 12.3 Å². The molecular formula is C17H15F5N6O. The van der Waals surface area contributed by atoms with Gasteiger partial charge < -0.3 is 15.4 Å². The van der Waals surface area contributed by atoms with Crippen LogP contribution < -0.4 is 15.4 Å². The summed E-state index contributed by atoms with van der Waals surface area (Å²) >= 11 is 0. The average Bonchev–Trinajstić information content (AvgIpc) is 3.28. The fraction of sp³-hybridized carbons (Fsp3) is 0.353. The first-order chi connectivity index (χ1) is 13.9. The highest BCUT2D eigenvalue weighted by Crippen LogP contribution is 2.30. The van der Waals surface area contributed by atoms with E-state index in [1.807, 2.05) is 0 Å². The number of fused-ring (bicyclic) bond motifs is 1. The zero-order valence-electron chi connectivity index (χ0n) is 14.7. The highest BCUT2D eigenvalue weighted by atomic mass is 19.3. The molecule has 3 aromatic heterocycles. The number of aromatic nitrogens is 4. The fourth-order valence-electron chi connectivity index (χ4n) is 3.03. The molecule has 0 amide bonds. The lowest BCUT2D eigenvalue weighted by atomic mass is 10.1. The fourth-order valence-corrected chi connectivity index (χ4v) is 3.03. The molecule has 4 rings (SSSR count). The number of hydrogen-bond acceptors (Lipinski definition) is 6. The lowest BCUT2D eigenvalue weighted by Gasteiger charge is -2.16. The Labute approximate surface area is 160 Å². The Morgan fingerprint density at radius 1 is 1.21 bits per heavy atom. The minimum Gasteiger partial charge on any atom is -0.486 e. The van der Waals surface area contributed by atoms with Crippen LogP contribution >= 0.6 is 0 Å². The highest BCUT2D eigenvalue weighted by Gasteiger charge is 2.29. The number of alkyl halides is 3. The van der Waals surface area contributed by atoms with Crippen LogP contribution in [0.2, 0.25) is 0 Å². The zero-order chi connectivity index (χ0) is 20.5. The van der Waals surface area contributed by atoms with Crippen LogP contribution in [0.3, 0.4) is 0 Å². The number of rotatable bonds is 6. The molecule has 0 spiro atoms. The Bertz CT molecular complexity index is 1030. The van der Waals surface area contributed by atoms with Gasteiger partial charge in [-0.25, -0.2) is 36.4 Å². The van der Waals surface area contributed by atoms with Gasteiger partial charge in [0.05, 0.1) is 35.9 Å². The van der Waals surface area contributed by atoms with Crippen molar-refractivity contribution < 1.29 is 26.7 Å². The number of halogens is 5. The van der Waals surface area contributed by atoms with Crippen LogP contribution in [0.4, 0.5) is 27.8 Å². The molecule has 1 fully saturated rings. The summed E-state index contributed by atoms with van der Waals surface area (Å²) in [7, 11) is 0. The minimum atomic E-state index is -2.66. The third-order valence-corrected chi connectivity index (χ3v) is 4.40. The van der Waals surface area contributed by atoms with Crippen molar-refractivity contribution in [3.05, 3.63) is 36.3 Å². The third-order valence-electron chi connectivity index (χ3n) is 4.40. The van der Waals surface area contributed by atoms with E-state index in [4.69, 9.17) is 4.74 Å². The summed E-state index contributed by atoms with van der Waals surface area (Å²) in [6.07, 6.45) is -0.773. The van der Waals surface area contributed by atoms with Crippen LogP contribution in [0, 0.1) is 11.6 Å². The third kappa shape index (κ3) is 3.79. The Morgan fingerprint density at radius 2 is 2.03 bits per heavy atom. The average molecular weight is 414 g/mol. The first kappa shape index (κ1) is 19.3. The highest BCUT2D eigenvalue weighted by molar-refractivity contribution is 5.68. The van der Waals surface area contributed by atoms with Gasteiger partial charge in [0.1, 0.15) is 18.5 Å². The van der Waals surface area contributed by atoms with Crippen LogP contribution in [0.25, 0.3) is 16.9 Å². The number of hydrogen-bond donors (Lipinski definition) is 2. The molecule has 0 aliphatic carbocycles. The van der Waals surface area contributed by atoms with E-state index < -0.39 is 42.4 Å². The predicted molar refractivity (Wildman–Crippen MR) is 92.8 cm³/mol. The standard InChI is InChI=1S/C17H15F5N6O/c18-9-3-23-5-11(9)27-17-16(22)15(10(19)4-25-17)12-6-24-14-1-8(2-26-28(12)14)29-7-13(20)21/h1-2,4,6,9,11,13,23H,3,5,7H2,(H,25,27)/t9-,11-/m0/s1. The molecule has 1 aliphatic rings. The quantitative estimate of drug-likeness (QED) is 0.604. The Morgan fingerprint density at radius 3 is 2.76 bits per heavy atom. The summed E-state index contributed by atoms with van der Waals surface area (Å²) in [6, 6.07) is 0.609. The van der Waals surface area contributed by atoms with Gasteiger partial charge in [0.2, 0.25) is 0 Å². The van der Waals surface area contributed by atoms with Crippen LogP contribution in [0.5, 0.6) is 5.75 Å². The molecule has 2 N–H and O–H groups in total. The number of pyridine rings is 1. The predicted octanol–water partition coefficient (Wildman–Crippen LogP) is 2.44. The summed E-state index contributed by atoms with van der Waals surface area (Å²) in [5.41, 5.74) is -0.340. The summed E-state index contributed by atoms with van der Waals surface area (Å²) in [5, 5.41) is 9.42. The molecule has 3 aromatic rings. The minimum absolute atomic E-state index is 0.0257. The van der Waals surface area contributed by atoms with Crippen LogP contribution in [0.15, 0.2) is 24.7 Å². The second-order valence-corrected chi connectivity index (χ2v) is 6.38. The second kappa shape index (κ2) is 7.78. The number of ether oxygens (including phenoxy) is 1. The van der Waals surface area contributed by atoms with Gasteiger partial charge in [-0.2, -0.15) is 5.10 Å². The van der Waals surface area contributed by atoms with Crippen LogP contribution in [-0.4, -0.2) is 57.9 Å². The van der Waals surface area contributed by atoms with Crippen molar-refractivity contribution in [1.82, 2.24) is 24.9 Å². The molecule has 0 saturated carbocycles. The van der Waals surface area contributed by atoms with Gasteiger partial charge >= 0.3 is 0 Å². The van der Waals surface area contributed by atoms with Crippen molar-refractivity contribution in [1.29, 1.82) is 0 Å². The van der Waals surface area contributed by atoms with Crippen molar-refractivity contribution >= 4 is 11.5 Å². The monoisotopic (exact) mass is 414 g/mol. The second-order valence-electron chi connectivity index (χ2n) is 6.38. The molecule has 1 aliphatic heterocycles. The summed E-state index contributed by atoms with van der Waals surface area (Å²) in [6.45, 7) is -0.423. The van der Waals surface area contributed by atoms with E-state index in [9.17, 15) is 17.6 Å². The van der Waals surface area contributed by atoms with Crippen molar-refractivity contribution in [3.8, 4) is 17.0 Å². The van der Waals surface area contributed by atoms with Crippen LogP contribution in [0.1, 0.15) is 0 Å². The molecule has 1 saturated heterocycles. The number of imidazole rings is 1. The van der Waals surface area contributed by atoms with Crippen molar-refractivity contribution in [2.75, 3.05) is 25.0 Å². The molecule has 0 unspecified atom stereocenters. The molecule has 4 heterocycles. The van der Waals surface area contributed by atoms with Gasteiger partial charge in [-0.15, -0.1) is 0 Å². The summed E-state index contributed by atoms with van der Waals surface area (Å²) < 4.78 is 73.7. The van der Waals surface area contributed by atoms with E-state index in [-0.39, 0.29) is 36.0 Å². The summed E-state index contributed by atoms with van der Waals surface area (Å²) in [5.74, 6) is -2.25. The Kier molecular flexibility index (Phi) is 5.18. The Balaban J connectivity index is 1.68. The van der Waals surface area contributed by atoms with Gasteiger partial charge in [-0.1, -0.05) is 0 Å². The lowest BCUT2D eigenvalue weighted by molar-refractivity contribution is 0.0817. The molecule has 29 heavy (non-hydrogen) atoms. The first-order valence-electron chi connectivity index (χ1n) is 8.64. The molecule has 0 bridgehead atoms. The van der Waals surface area contributed by atoms with Gasteiger partial charge in [0, 0.05) is 19.2 Å². The molecule has 12 heteroatoms. The van der Waals surface area contributed by atoms with Gasteiger partial charge in [0.15, 0.2) is 23.1 Å². The zero-order valence-corrected chi connectivity index (χ0v) is 14.7. The van der Waals surface area contributed by atoms with E-state index >= 15 is 4.39 Å². The summed E-state index contributed by atoms with van der Waals surface area (Å²) in [4.78, 5) is 7.68. The van der Waals surface area contributed by atoms with E-state index in [2.05, 4.69) is 25.7 Å². The Hall–Kier alpha value is -3.02. The molecule has 0 aromatic carbocycles. The maximum Gasteiger partial charge on any atom is 0.272 e.